The van der Waals surface area contributed by atoms with Crippen LogP contribution in [0.5, 0.6) is 0 Å². The van der Waals surface area contributed by atoms with Crippen LogP contribution < -0.4 is 10.9 Å². The van der Waals surface area contributed by atoms with Crippen LogP contribution in [0.2, 0.25) is 5.02 Å². The van der Waals surface area contributed by atoms with Gasteiger partial charge in [-0.3, -0.25) is 0 Å². The van der Waals surface area contributed by atoms with Gasteiger partial charge in [-0.15, -0.1) is 0 Å². The van der Waals surface area contributed by atoms with Crippen LogP contribution in [0.4, 0.5) is 5.82 Å². The Morgan fingerprint density at radius 3 is 2.69 bits per heavy atom. The predicted octanol–water partition coefficient (Wildman–Crippen LogP) is 3.72. The van der Waals surface area contributed by atoms with Gasteiger partial charge in [-0.25, -0.2) is 15.0 Å². The molecular weight excluding hydrogens is 460 g/mol. The average molecular weight is 489 g/mol. The minimum Gasteiger partial charge on any atom is -0.369 e. The van der Waals surface area contributed by atoms with Gasteiger partial charge in [0.2, 0.25) is 0 Å². The third-order valence-electron chi connectivity index (χ3n) is 6.39. The van der Waals surface area contributed by atoms with E-state index < -0.39 is 0 Å². The molecule has 4 aliphatic heterocycles. The number of fused-ring (bicyclic) bond motifs is 3. The fourth-order valence-corrected chi connectivity index (χ4v) is 4.72. The number of benzene rings is 1. The Hall–Kier alpha value is -3.49. The molecule has 8 nitrogen and oxygen atoms in total. The molecule has 35 heavy (non-hydrogen) atoms. The minimum absolute atomic E-state index is 0.430. The highest BCUT2D eigenvalue weighted by atomic mass is 35.5. The molecule has 1 saturated heterocycles. The molecule has 5 rings (SSSR count). The number of allylic oxidation sites excluding steroid dienone is 3. The molecule has 9 heteroatoms. The molecule has 0 spiro atoms. The molecule has 4 heterocycles. The summed E-state index contributed by atoms with van der Waals surface area (Å²) < 4.78 is 2.18. The van der Waals surface area contributed by atoms with E-state index in [1.165, 1.54) is 0 Å². The maximum absolute atomic E-state index is 6.50. The van der Waals surface area contributed by atoms with E-state index in [4.69, 9.17) is 16.6 Å². The monoisotopic (exact) mass is 488 g/mol. The molecule has 180 valence electrons. The van der Waals surface area contributed by atoms with Gasteiger partial charge in [0, 0.05) is 72.9 Å². The summed E-state index contributed by atoms with van der Waals surface area (Å²) in [7, 11) is 2.13. The van der Waals surface area contributed by atoms with Crippen molar-refractivity contribution in [2.45, 2.75) is 13.5 Å². The molecule has 4 aliphatic rings. The number of likely N-dealkylation sites (N-methyl/N-ethyl adjacent to an activating group) is 1. The molecule has 0 aliphatic carbocycles. The lowest BCUT2D eigenvalue weighted by molar-refractivity contribution is 0.185. The van der Waals surface area contributed by atoms with Crippen molar-refractivity contribution in [3.05, 3.63) is 70.8 Å². The van der Waals surface area contributed by atoms with E-state index in [0.29, 0.717) is 5.62 Å². The Morgan fingerprint density at radius 2 is 1.91 bits per heavy atom. The second-order valence-electron chi connectivity index (χ2n) is 8.81. The van der Waals surface area contributed by atoms with E-state index in [-0.39, 0.29) is 0 Å². The topological polar surface area (TPSA) is 73.9 Å². The number of halogens is 1. The molecule has 0 aromatic heterocycles. The molecular formula is C26H29ClN8. The maximum Gasteiger partial charge on any atom is 0.251 e. The Balaban J connectivity index is 1.48. The van der Waals surface area contributed by atoms with Crippen LogP contribution in [0.3, 0.4) is 0 Å². The maximum atomic E-state index is 6.50. The van der Waals surface area contributed by atoms with Gasteiger partial charge in [-0.05, 0) is 45.0 Å². The largest absolute Gasteiger partial charge is 0.369 e. The van der Waals surface area contributed by atoms with Crippen molar-refractivity contribution in [3.63, 3.8) is 0 Å². The zero-order valence-corrected chi connectivity index (χ0v) is 20.8. The molecule has 1 aromatic carbocycles. The van der Waals surface area contributed by atoms with Gasteiger partial charge >= 0.3 is 0 Å². The van der Waals surface area contributed by atoms with Gasteiger partial charge in [-0.1, -0.05) is 29.8 Å². The van der Waals surface area contributed by atoms with Crippen LogP contribution in [-0.4, -0.2) is 70.8 Å². The number of piperazine rings is 1. The van der Waals surface area contributed by atoms with Crippen molar-refractivity contribution in [1.82, 2.24) is 24.3 Å². The smallest absolute Gasteiger partial charge is 0.251 e. The Kier molecular flexibility index (Phi) is 6.66. The molecule has 0 saturated carbocycles. The van der Waals surface area contributed by atoms with Crippen LogP contribution in [0.25, 0.3) is 22.5 Å². The summed E-state index contributed by atoms with van der Waals surface area (Å²) in [6.07, 6.45) is 5.73. The van der Waals surface area contributed by atoms with Crippen LogP contribution in [0.15, 0.2) is 70.2 Å². The molecule has 0 bridgehead atoms. The zero-order valence-electron chi connectivity index (χ0n) is 20.1. The second kappa shape index (κ2) is 10.0. The highest BCUT2D eigenvalue weighted by Crippen LogP contribution is 2.39. The number of aromatic nitrogens is 3. The SMILES string of the molecule is C=N/C(=C\C=C(/C)N=c1ncc2cc(-c3ccccc3Cl)c3n(c-2n1)CCN3)N1CCN(C)CC1. The van der Waals surface area contributed by atoms with Crippen molar-refractivity contribution in [2.24, 2.45) is 9.98 Å². The average Bonchev–Trinajstić information content (AvgIpc) is 3.36. The Morgan fingerprint density at radius 1 is 1.11 bits per heavy atom. The van der Waals surface area contributed by atoms with E-state index in [9.17, 15) is 0 Å². The van der Waals surface area contributed by atoms with Gasteiger partial charge in [0.25, 0.3) is 5.62 Å². The number of hydrogen-bond acceptors (Lipinski definition) is 7. The minimum atomic E-state index is 0.430. The van der Waals surface area contributed by atoms with E-state index in [1.807, 2.05) is 49.5 Å². The van der Waals surface area contributed by atoms with Gasteiger partial charge in [0.15, 0.2) is 0 Å². The molecule has 0 atom stereocenters. The zero-order chi connectivity index (χ0) is 24.4. The lowest BCUT2D eigenvalue weighted by atomic mass is 10.0. The van der Waals surface area contributed by atoms with Crippen LogP contribution in [-0.2, 0) is 6.54 Å². The standard InChI is InChI=1S/C26H29ClN8/c1-18(8-9-23(28-2)34-14-12-33(3)13-15-34)31-26-30-17-19-16-21(20-6-4-5-7-22(20)27)25-29-10-11-35(25)24(19)32-26/h4-9,16-17,29H,2,10-15H2,1,3H3/b18-8+,23-9+,31-26?. The highest BCUT2D eigenvalue weighted by molar-refractivity contribution is 6.33. The van der Waals surface area contributed by atoms with Gasteiger partial charge < -0.3 is 19.7 Å². The number of aliphatic imine (C=N–C) groups is 1. The first-order valence-electron chi connectivity index (χ1n) is 11.8. The third-order valence-corrected chi connectivity index (χ3v) is 6.72. The number of hydrogen-bond donors (Lipinski definition) is 1. The molecule has 1 fully saturated rings. The molecule has 0 unspecified atom stereocenters. The summed E-state index contributed by atoms with van der Waals surface area (Å²) in [5.41, 5.74) is 4.21. The highest BCUT2D eigenvalue weighted by Gasteiger charge is 2.23. The third kappa shape index (κ3) is 4.85. The number of anilines is 1. The summed E-state index contributed by atoms with van der Waals surface area (Å²) in [6.45, 7) is 11.2. The van der Waals surface area contributed by atoms with E-state index in [2.05, 4.69) is 54.5 Å². The number of pyridine rings is 1. The van der Waals surface area contributed by atoms with Crippen molar-refractivity contribution in [1.29, 1.82) is 0 Å². The van der Waals surface area contributed by atoms with Crippen molar-refractivity contribution < 1.29 is 0 Å². The van der Waals surface area contributed by atoms with Gasteiger partial charge in [-0.2, -0.15) is 4.98 Å². The lowest BCUT2D eigenvalue weighted by Gasteiger charge is -2.33. The number of nitrogens with zero attached hydrogens (tertiary/aromatic N) is 7. The predicted molar refractivity (Wildman–Crippen MR) is 142 cm³/mol. The normalized spacial score (nSPS) is 17.6. The van der Waals surface area contributed by atoms with Crippen LogP contribution >= 0.6 is 11.6 Å². The summed E-state index contributed by atoms with van der Waals surface area (Å²) in [5.74, 6) is 2.72. The van der Waals surface area contributed by atoms with Gasteiger partial charge in [0.05, 0.1) is 0 Å². The van der Waals surface area contributed by atoms with Gasteiger partial charge in [0.1, 0.15) is 17.5 Å². The molecule has 1 aromatic rings. The fourth-order valence-electron chi connectivity index (χ4n) is 4.48. The molecule has 0 amide bonds. The summed E-state index contributed by atoms with van der Waals surface area (Å²) in [5, 5.41) is 4.21. The number of nitrogens with one attached hydrogen (secondary N) is 1. The van der Waals surface area contributed by atoms with Crippen molar-refractivity contribution in [2.75, 3.05) is 45.1 Å². The van der Waals surface area contributed by atoms with Crippen molar-refractivity contribution in [3.8, 4) is 22.5 Å². The molecule has 1 N–H and O–H groups in total. The first-order valence-corrected chi connectivity index (χ1v) is 12.1. The lowest BCUT2D eigenvalue weighted by Crippen LogP contribution is -2.43. The Labute approximate surface area is 210 Å². The summed E-state index contributed by atoms with van der Waals surface area (Å²) in [6, 6.07) is 9.97. The second-order valence-corrected chi connectivity index (χ2v) is 9.21. The van der Waals surface area contributed by atoms with E-state index in [0.717, 1.165) is 84.1 Å². The Bertz CT molecular complexity index is 1350. The first-order chi connectivity index (χ1) is 17.0. The van der Waals surface area contributed by atoms with E-state index in [1.54, 1.807) is 0 Å². The molecule has 0 radical (unpaired) electrons. The fraction of sp³-hybridized carbons (Fsp3) is 0.308. The number of rotatable bonds is 5. The quantitative estimate of drug-likeness (QED) is 0.437. The summed E-state index contributed by atoms with van der Waals surface area (Å²) >= 11 is 6.50. The van der Waals surface area contributed by atoms with Crippen molar-refractivity contribution >= 4 is 24.1 Å². The van der Waals surface area contributed by atoms with Crippen LogP contribution in [0, 0.1) is 0 Å². The van der Waals surface area contributed by atoms with Crippen LogP contribution in [0.1, 0.15) is 6.92 Å². The van der Waals surface area contributed by atoms with E-state index >= 15 is 0 Å². The summed E-state index contributed by atoms with van der Waals surface area (Å²) in [4.78, 5) is 22.7. The first kappa shape index (κ1) is 23.3.